The van der Waals surface area contributed by atoms with Crippen LogP contribution in [-0.2, 0) is 4.79 Å². The van der Waals surface area contributed by atoms with Crippen LogP contribution in [0.5, 0.6) is 11.5 Å². The highest BCUT2D eigenvalue weighted by molar-refractivity contribution is 6.32. The summed E-state index contributed by atoms with van der Waals surface area (Å²) in [5, 5.41) is 3.31. The van der Waals surface area contributed by atoms with Gasteiger partial charge in [0, 0.05) is 12.1 Å². The Hall–Kier alpha value is -1.46. The van der Waals surface area contributed by atoms with Crippen molar-refractivity contribution in [3.05, 3.63) is 17.2 Å². The summed E-state index contributed by atoms with van der Waals surface area (Å²) in [4.78, 5) is 14.4. The summed E-state index contributed by atoms with van der Waals surface area (Å²) < 4.78 is 10.4. The lowest BCUT2D eigenvalue weighted by Crippen LogP contribution is -2.34. The number of ether oxygens (including phenoxy) is 2. The number of anilines is 1. The minimum Gasteiger partial charge on any atom is -0.495 e. The van der Waals surface area contributed by atoms with Crippen LogP contribution in [0.15, 0.2) is 12.1 Å². The van der Waals surface area contributed by atoms with E-state index < -0.39 is 0 Å². The van der Waals surface area contributed by atoms with Crippen LogP contribution in [0.3, 0.4) is 0 Å². The van der Waals surface area contributed by atoms with Crippen LogP contribution in [0.4, 0.5) is 5.69 Å². The molecule has 1 amide bonds. The maximum Gasteiger partial charge on any atom is 0.238 e. The summed E-state index contributed by atoms with van der Waals surface area (Å²) in [6, 6.07) is 3.30. The third-order valence-electron chi connectivity index (χ3n) is 3.19. The summed E-state index contributed by atoms with van der Waals surface area (Å²) in [7, 11) is 3.07. The number of carbonyl (C=O) groups is 1. The molecule has 1 aromatic rings. The molecule has 0 aromatic heterocycles. The van der Waals surface area contributed by atoms with Crippen molar-refractivity contribution >= 4 is 23.2 Å². The number of hydrogen-bond donors (Lipinski definition) is 1. The Morgan fingerprint density at radius 3 is 2.23 bits per heavy atom. The SMILES string of the molecule is CCCN(CCC)CC(=O)Nc1cc(OC)c(Cl)cc1OC. The fourth-order valence-corrected chi connectivity index (χ4v) is 2.48. The predicted molar refractivity (Wildman–Crippen MR) is 90.2 cm³/mol. The topological polar surface area (TPSA) is 50.8 Å². The van der Waals surface area contributed by atoms with Crippen molar-refractivity contribution in [3.63, 3.8) is 0 Å². The van der Waals surface area contributed by atoms with Crippen LogP contribution in [0.1, 0.15) is 26.7 Å². The number of halogens is 1. The number of nitrogens with one attached hydrogen (secondary N) is 1. The van der Waals surface area contributed by atoms with Crippen molar-refractivity contribution in [1.29, 1.82) is 0 Å². The first-order chi connectivity index (χ1) is 10.5. The quantitative estimate of drug-likeness (QED) is 0.754. The molecule has 1 rings (SSSR count). The molecule has 1 N–H and O–H groups in total. The highest BCUT2D eigenvalue weighted by atomic mass is 35.5. The Labute approximate surface area is 137 Å². The molecular weight excluding hydrogens is 304 g/mol. The van der Waals surface area contributed by atoms with E-state index in [4.69, 9.17) is 21.1 Å². The van der Waals surface area contributed by atoms with Crippen molar-refractivity contribution in [2.45, 2.75) is 26.7 Å². The highest BCUT2D eigenvalue weighted by Crippen LogP contribution is 2.35. The van der Waals surface area contributed by atoms with E-state index in [-0.39, 0.29) is 5.91 Å². The van der Waals surface area contributed by atoms with E-state index in [2.05, 4.69) is 24.1 Å². The molecule has 0 bridgehead atoms. The standard InChI is InChI=1S/C16H25ClN2O3/c1-5-7-19(8-6-2)11-16(20)18-13-10-14(21-3)12(17)9-15(13)22-4/h9-10H,5-8,11H2,1-4H3,(H,18,20). The molecule has 124 valence electrons. The molecule has 0 spiro atoms. The predicted octanol–water partition coefficient (Wildman–Crippen LogP) is 3.42. The van der Waals surface area contributed by atoms with Gasteiger partial charge in [0.2, 0.25) is 5.91 Å². The lowest BCUT2D eigenvalue weighted by molar-refractivity contribution is -0.117. The van der Waals surface area contributed by atoms with Gasteiger partial charge in [-0.3, -0.25) is 9.69 Å². The fraction of sp³-hybridized carbons (Fsp3) is 0.562. The van der Waals surface area contributed by atoms with Gasteiger partial charge in [0.15, 0.2) is 0 Å². The molecule has 0 saturated carbocycles. The number of hydrogen-bond acceptors (Lipinski definition) is 4. The molecule has 0 heterocycles. The third kappa shape index (κ3) is 5.39. The van der Waals surface area contributed by atoms with Crippen molar-refractivity contribution in [2.24, 2.45) is 0 Å². The van der Waals surface area contributed by atoms with Crippen LogP contribution >= 0.6 is 11.6 Å². The van der Waals surface area contributed by atoms with Crippen molar-refractivity contribution in [3.8, 4) is 11.5 Å². The molecule has 1 aromatic carbocycles. The first-order valence-corrected chi connectivity index (χ1v) is 7.87. The van der Waals surface area contributed by atoms with E-state index in [1.165, 1.54) is 14.2 Å². The van der Waals surface area contributed by atoms with Crippen LogP contribution in [0, 0.1) is 0 Å². The average Bonchev–Trinajstić information content (AvgIpc) is 2.49. The van der Waals surface area contributed by atoms with E-state index >= 15 is 0 Å². The molecule has 0 unspecified atom stereocenters. The number of carbonyl (C=O) groups excluding carboxylic acids is 1. The Morgan fingerprint density at radius 1 is 1.14 bits per heavy atom. The molecule has 22 heavy (non-hydrogen) atoms. The van der Waals surface area contributed by atoms with Gasteiger partial charge in [-0.05, 0) is 25.9 Å². The van der Waals surface area contributed by atoms with Gasteiger partial charge in [-0.25, -0.2) is 0 Å². The first kappa shape index (κ1) is 18.6. The molecule has 0 aliphatic carbocycles. The third-order valence-corrected chi connectivity index (χ3v) is 3.49. The number of benzene rings is 1. The Balaban J connectivity index is 2.82. The average molecular weight is 329 g/mol. The minimum atomic E-state index is -0.0791. The molecule has 5 nitrogen and oxygen atoms in total. The summed E-state index contributed by atoms with van der Waals surface area (Å²) >= 11 is 6.06. The largest absolute Gasteiger partial charge is 0.495 e. The number of nitrogens with zero attached hydrogens (tertiary/aromatic N) is 1. The normalized spacial score (nSPS) is 10.6. The molecule has 0 aliphatic rings. The summed E-state index contributed by atoms with van der Waals surface area (Å²) in [6.07, 6.45) is 2.04. The van der Waals surface area contributed by atoms with Gasteiger partial charge in [-0.2, -0.15) is 0 Å². The van der Waals surface area contributed by atoms with Crippen LogP contribution in [0.25, 0.3) is 0 Å². The van der Waals surface area contributed by atoms with Gasteiger partial charge < -0.3 is 14.8 Å². The molecule has 0 saturated heterocycles. The van der Waals surface area contributed by atoms with Gasteiger partial charge in [0.1, 0.15) is 11.5 Å². The van der Waals surface area contributed by atoms with Gasteiger partial charge in [0.25, 0.3) is 0 Å². The first-order valence-electron chi connectivity index (χ1n) is 7.49. The smallest absolute Gasteiger partial charge is 0.238 e. The summed E-state index contributed by atoms with van der Waals surface area (Å²) in [5.41, 5.74) is 0.557. The number of amides is 1. The van der Waals surface area contributed by atoms with E-state index in [0.29, 0.717) is 28.8 Å². The van der Waals surface area contributed by atoms with Crippen molar-refractivity contribution < 1.29 is 14.3 Å². The van der Waals surface area contributed by atoms with E-state index in [9.17, 15) is 4.79 Å². The zero-order chi connectivity index (χ0) is 16.5. The van der Waals surface area contributed by atoms with E-state index in [0.717, 1.165) is 25.9 Å². The second-order valence-electron chi connectivity index (χ2n) is 5.01. The minimum absolute atomic E-state index is 0.0791. The second kappa shape index (κ2) is 9.54. The lowest BCUT2D eigenvalue weighted by atomic mass is 10.2. The van der Waals surface area contributed by atoms with E-state index in [1.54, 1.807) is 12.1 Å². The Bertz CT molecular complexity index is 489. The fourth-order valence-electron chi connectivity index (χ4n) is 2.25. The molecule has 0 atom stereocenters. The van der Waals surface area contributed by atoms with Crippen LogP contribution in [-0.4, -0.2) is 44.7 Å². The molecule has 0 aliphatic heterocycles. The summed E-state index contributed by atoms with van der Waals surface area (Å²) in [5.74, 6) is 0.929. The monoisotopic (exact) mass is 328 g/mol. The maximum atomic E-state index is 12.2. The number of rotatable bonds is 9. The zero-order valence-corrected chi connectivity index (χ0v) is 14.5. The zero-order valence-electron chi connectivity index (χ0n) is 13.7. The molecule has 0 fully saturated rings. The molecular formula is C16H25ClN2O3. The van der Waals surface area contributed by atoms with Crippen LogP contribution < -0.4 is 14.8 Å². The van der Waals surface area contributed by atoms with Gasteiger partial charge >= 0.3 is 0 Å². The van der Waals surface area contributed by atoms with Gasteiger partial charge in [-0.1, -0.05) is 25.4 Å². The second-order valence-corrected chi connectivity index (χ2v) is 5.42. The maximum absolute atomic E-state index is 12.2. The Kier molecular flexibility index (Phi) is 8.06. The summed E-state index contributed by atoms with van der Waals surface area (Å²) in [6.45, 7) is 6.38. The van der Waals surface area contributed by atoms with Gasteiger partial charge in [0.05, 0.1) is 31.5 Å². The van der Waals surface area contributed by atoms with Gasteiger partial charge in [-0.15, -0.1) is 0 Å². The molecule has 0 radical (unpaired) electrons. The lowest BCUT2D eigenvalue weighted by Gasteiger charge is -2.21. The number of methoxy groups -OCH3 is 2. The highest BCUT2D eigenvalue weighted by Gasteiger charge is 2.14. The van der Waals surface area contributed by atoms with Crippen molar-refractivity contribution in [2.75, 3.05) is 39.2 Å². The van der Waals surface area contributed by atoms with Crippen LogP contribution in [0.2, 0.25) is 5.02 Å². The molecule has 6 heteroatoms. The van der Waals surface area contributed by atoms with Crippen molar-refractivity contribution in [1.82, 2.24) is 4.90 Å². The van der Waals surface area contributed by atoms with E-state index in [1.807, 2.05) is 0 Å². The Morgan fingerprint density at radius 2 is 1.73 bits per heavy atom.